The molecular formula is C16H21N3O3S. The summed E-state index contributed by atoms with van der Waals surface area (Å²) >= 11 is 1.71. The number of hydrogen-bond donors (Lipinski definition) is 3. The third-order valence-electron chi connectivity index (χ3n) is 4.76. The molecule has 1 aromatic rings. The molecule has 23 heavy (non-hydrogen) atoms. The molecule has 0 spiro atoms. The SMILES string of the molecule is C[C@@H]1N2C(=O)[C@@H](NC(=O)[C@H](N)c3ccc(O)cc3)[C@H]2SC1(C)C. The first-order chi connectivity index (χ1) is 10.7. The number of carbonyl (C=O) groups is 2. The number of β-lactam (4-membered cyclic amide) rings is 1. The summed E-state index contributed by atoms with van der Waals surface area (Å²) in [5.74, 6) is -0.316. The van der Waals surface area contributed by atoms with Crippen LogP contribution in [0.25, 0.3) is 0 Å². The highest BCUT2D eigenvalue weighted by atomic mass is 32.2. The molecule has 0 unspecified atom stereocenters. The molecule has 7 heteroatoms. The Kier molecular flexibility index (Phi) is 3.80. The van der Waals surface area contributed by atoms with Crippen LogP contribution in [0.2, 0.25) is 0 Å². The van der Waals surface area contributed by atoms with Crippen LogP contribution in [0.3, 0.4) is 0 Å². The van der Waals surface area contributed by atoms with E-state index in [1.807, 2.05) is 11.8 Å². The molecule has 0 aromatic heterocycles. The van der Waals surface area contributed by atoms with Crippen molar-refractivity contribution >= 4 is 23.6 Å². The Morgan fingerprint density at radius 3 is 2.61 bits per heavy atom. The van der Waals surface area contributed by atoms with E-state index in [-0.39, 0.29) is 33.7 Å². The highest BCUT2D eigenvalue weighted by Crippen LogP contribution is 2.50. The van der Waals surface area contributed by atoms with E-state index in [2.05, 4.69) is 19.2 Å². The molecule has 0 saturated carbocycles. The molecule has 124 valence electrons. The molecule has 6 nitrogen and oxygen atoms in total. The summed E-state index contributed by atoms with van der Waals surface area (Å²) in [5.41, 5.74) is 6.55. The summed E-state index contributed by atoms with van der Waals surface area (Å²) in [6.45, 7) is 6.25. The lowest BCUT2D eigenvalue weighted by Gasteiger charge is -2.44. The number of phenols is 1. The average molecular weight is 335 g/mol. The average Bonchev–Trinajstić information content (AvgIpc) is 2.72. The maximum atomic E-state index is 12.3. The van der Waals surface area contributed by atoms with Crippen LogP contribution in [-0.2, 0) is 9.59 Å². The second kappa shape index (κ2) is 5.42. The van der Waals surface area contributed by atoms with Crippen molar-refractivity contribution in [3.05, 3.63) is 29.8 Å². The van der Waals surface area contributed by atoms with E-state index in [1.165, 1.54) is 12.1 Å². The number of fused-ring (bicyclic) bond motifs is 1. The lowest BCUT2D eigenvalue weighted by molar-refractivity contribution is -0.150. The number of amides is 2. The molecule has 2 heterocycles. The predicted octanol–water partition coefficient (Wildman–Crippen LogP) is 0.959. The van der Waals surface area contributed by atoms with Crippen LogP contribution in [-0.4, -0.2) is 44.0 Å². The quantitative estimate of drug-likeness (QED) is 0.715. The molecule has 2 saturated heterocycles. The summed E-state index contributed by atoms with van der Waals surface area (Å²) < 4.78 is -0.0289. The van der Waals surface area contributed by atoms with E-state index < -0.39 is 12.1 Å². The van der Waals surface area contributed by atoms with Crippen molar-refractivity contribution in [1.82, 2.24) is 10.2 Å². The zero-order valence-electron chi connectivity index (χ0n) is 13.3. The Labute approximate surface area is 139 Å². The van der Waals surface area contributed by atoms with Gasteiger partial charge in [0.1, 0.15) is 23.2 Å². The van der Waals surface area contributed by atoms with Crippen LogP contribution in [0.1, 0.15) is 32.4 Å². The second-order valence-electron chi connectivity index (χ2n) is 6.59. The Bertz CT molecular complexity index is 646. The Balaban J connectivity index is 1.67. The van der Waals surface area contributed by atoms with Crippen LogP contribution in [0.5, 0.6) is 5.75 Å². The summed E-state index contributed by atoms with van der Waals surface area (Å²) in [7, 11) is 0. The monoisotopic (exact) mass is 335 g/mol. The Morgan fingerprint density at radius 1 is 1.39 bits per heavy atom. The van der Waals surface area contributed by atoms with Crippen LogP contribution < -0.4 is 11.1 Å². The van der Waals surface area contributed by atoms with Gasteiger partial charge in [-0.2, -0.15) is 0 Å². The van der Waals surface area contributed by atoms with Gasteiger partial charge in [0.05, 0.1) is 0 Å². The normalized spacial score (nSPS) is 29.7. The van der Waals surface area contributed by atoms with Crippen molar-refractivity contribution in [2.45, 2.75) is 49.0 Å². The lowest BCUT2D eigenvalue weighted by Crippen LogP contribution is -2.69. The Morgan fingerprint density at radius 2 is 2.00 bits per heavy atom. The first-order valence-electron chi connectivity index (χ1n) is 7.57. The molecular weight excluding hydrogens is 314 g/mol. The molecule has 2 aliphatic rings. The zero-order chi connectivity index (χ0) is 16.9. The molecule has 4 atom stereocenters. The molecule has 2 amide bonds. The number of nitrogens with two attached hydrogens (primary N) is 1. The summed E-state index contributed by atoms with van der Waals surface area (Å²) in [5, 5.41) is 12.0. The molecule has 2 aliphatic heterocycles. The predicted molar refractivity (Wildman–Crippen MR) is 88.7 cm³/mol. The van der Waals surface area contributed by atoms with Gasteiger partial charge < -0.3 is 21.1 Å². The van der Waals surface area contributed by atoms with Crippen LogP contribution in [0.15, 0.2) is 24.3 Å². The summed E-state index contributed by atoms with van der Waals surface area (Å²) in [6.07, 6.45) is 0. The first-order valence-corrected chi connectivity index (χ1v) is 8.45. The van der Waals surface area contributed by atoms with E-state index in [1.54, 1.807) is 23.9 Å². The number of phenolic OH excluding ortho intramolecular Hbond substituents is 1. The number of rotatable bonds is 3. The van der Waals surface area contributed by atoms with E-state index >= 15 is 0 Å². The van der Waals surface area contributed by atoms with Gasteiger partial charge in [-0.05, 0) is 38.5 Å². The standard InChI is InChI=1S/C16H21N3O3S/c1-8-16(2,3)23-15-12(14(22)19(8)15)18-13(21)11(17)9-4-6-10(20)7-5-9/h4-8,11-12,15,20H,17H2,1-3H3,(H,18,21)/t8-,11+,12+,15+/m0/s1. The highest BCUT2D eigenvalue weighted by molar-refractivity contribution is 8.01. The molecule has 1 aromatic carbocycles. The van der Waals surface area contributed by atoms with Gasteiger partial charge in [-0.3, -0.25) is 9.59 Å². The van der Waals surface area contributed by atoms with Crippen LogP contribution >= 0.6 is 11.8 Å². The first kappa shape index (κ1) is 16.1. The molecule has 3 rings (SSSR count). The number of nitrogens with one attached hydrogen (secondary N) is 1. The topological polar surface area (TPSA) is 95.7 Å². The summed E-state index contributed by atoms with van der Waals surface area (Å²) in [6, 6.07) is 4.93. The number of benzene rings is 1. The van der Waals surface area contributed by atoms with E-state index in [0.29, 0.717) is 5.56 Å². The largest absolute Gasteiger partial charge is 0.508 e. The third kappa shape index (κ3) is 2.57. The van der Waals surface area contributed by atoms with Gasteiger partial charge in [0, 0.05) is 10.8 Å². The van der Waals surface area contributed by atoms with Crippen molar-refractivity contribution < 1.29 is 14.7 Å². The van der Waals surface area contributed by atoms with Gasteiger partial charge in [-0.1, -0.05) is 12.1 Å². The van der Waals surface area contributed by atoms with E-state index in [9.17, 15) is 14.7 Å². The Hall–Kier alpha value is -1.73. The van der Waals surface area contributed by atoms with Crippen molar-refractivity contribution in [1.29, 1.82) is 0 Å². The van der Waals surface area contributed by atoms with Crippen molar-refractivity contribution in [2.75, 3.05) is 0 Å². The fourth-order valence-electron chi connectivity index (χ4n) is 2.98. The maximum Gasteiger partial charge on any atom is 0.249 e. The minimum absolute atomic E-state index is 0.0246. The molecule has 4 N–H and O–H groups in total. The summed E-state index contributed by atoms with van der Waals surface area (Å²) in [4.78, 5) is 26.5. The smallest absolute Gasteiger partial charge is 0.249 e. The van der Waals surface area contributed by atoms with E-state index in [0.717, 1.165) is 0 Å². The fourth-order valence-corrected chi connectivity index (χ4v) is 4.63. The van der Waals surface area contributed by atoms with Gasteiger partial charge in [-0.15, -0.1) is 11.8 Å². The number of aromatic hydroxyl groups is 1. The van der Waals surface area contributed by atoms with Crippen LogP contribution in [0.4, 0.5) is 0 Å². The van der Waals surface area contributed by atoms with Gasteiger partial charge in [0.2, 0.25) is 11.8 Å². The molecule has 0 radical (unpaired) electrons. The van der Waals surface area contributed by atoms with Crippen molar-refractivity contribution in [3.63, 3.8) is 0 Å². The molecule has 0 aliphatic carbocycles. The second-order valence-corrected chi connectivity index (χ2v) is 8.36. The van der Waals surface area contributed by atoms with Gasteiger partial charge in [0.25, 0.3) is 0 Å². The number of thioether (sulfide) groups is 1. The number of nitrogens with zero attached hydrogens (tertiary/aromatic N) is 1. The van der Waals surface area contributed by atoms with Crippen molar-refractivity contribution in [2.24, 2.45) is 5.73 Å². The molecule has 0 bridgehead atoms. The molecule has 2 fully saturated rings. The number of hydrogen-bond acceptors (Lipinski definition) is 5. The van der Waals surface area contributed by atoms with Crippen LogP contribution in [0, 0.1) is 0 Å². The number of carbonyl (C=O) groups excluding carboxylic acids is 2. The fraction of sp³-hybridized carbons (Fsp3) is 0.500. The third-order valence-corrected chi connectivity index (χ3v) is 6.45. The van der Waals surface area contributed by atoms with Crippen molar-refractivity contribution in [3.8, 4) is 5.75 Å². The highest BCUT2D eigenvalue weighted by Gasteiger charge is 2.60. The van der Waals surface area contributed by atoms with Gasteiger partial charge in [0.15, 0.2) is 0 Å². The minimum atomic E-state index is -0.866. The minimum Gasteiger partial charge on any atom is -0.508 e. The zero-order valence-corrected chi connectivity index (χ0v) is 14.1. The van der Waals surface area contributed by atoms with Gasteiger partial charge >= 0.3 is 0 Å². The maximum absolute atomic E-state index is 12.3. The van der Waals surface area contributed by atoms with E-state index in [4.69, 9.17) is 5.73 Å². The lowest BCUT2D eigenvalue weighted by atomic mass is 9.97. The van der Waals surface area contributed by atoms with Gasteiger partial charge in [-0.25, -0.2) is 0 Å².